The average Bonchev–Trinajstić information content (AvgIpc) is 2.24. The second-order valence-electron chi connectivity index (χ2n) is 6.97. The highest BCUT2D eigenvalue weighted by atomic mass is 16.5. The summed E-state index contributed by atoms with van der Waals surface area (Å²) < 4.78 is 5.61. The fourth-order valence-corrected chi connectivity index (χ4v) is 2.11. The summed E-state index contributed by atoms with van der Waals surface area (Å²) in [4.78, 5) is 11.5. The van der Waals surface area contributed by atoms with Crippen LogP contribution in [0.25, 0.3) is 0 Å². The molecular weight excluding hydrogens is 238 g/mol. The topological polar surface area (TPSA) is 52.3 Å². The van der Waals surface area contributed by atoms with Crippen LogP contribution >= 0.6 is 0 Å². The van der Waals surface area contributed by atoms with Gasteiger partial charge in [0.25, 0.3) is 0 Å². The first-order valence-corrected chi connectivity index (χ1v) is 6.51. The van der Waals surface area contributed by atoms with Gasteiger partial charge in [0, 0.05) is 16.7 Å². The van der Waals surface area contributed by atoms with E-state index in [1.165, 1.54) is 0 Å². The van der Waals surface area contributed by atoms with Crippen LogP contribution in [0.3, 0.4) is 0 Å². The number of hydrogen-bond acceptors (Lipinski definition) is 2. The SMILES string of the molecule is COc1c(C(C)(C)C)cc(C(N)=O)cc1C(C)(C)C. The first-order valence-electron chi connectivity index (χ1n) is 6.51. The third-order valence-corrected chi connectivity index (χ3v) is 3.19. The van der Waals surface area contributed by atoms with Crippen molar-refractivity contribution in [1.82, 2.24) is 0 Å². The molecule has 0 saturated carbocycles. The predicted octanol–water partition coefficient (Wildman–Crippen LogP) is 3.39. The maximum Gasteiger partial charge on any atom is 0.248 e. The van der Waals surface area contributed by atoms with Crippen molar-refractivity contribution in [2.24, 2.45) is 5.73 Å². The number of primary amides is 1. The standard InChI is InChI=1S/C16H25NO2/c1-15(2,3)11-8-10(14(17)18)9-12(13(11)19-7)16(4,5)6/h8-9H,1-7H3,(H2,17,18). The van der Waals surface area contributed by atoms with Crippen molar-refractivity contribution in [2.75, 3.05) is 7.11 Å². The Bertz CT molecular complexity index is 455. The molecule has 0 saturated heterocycles. The van der Waals surface area contributed by atoms with E-state index in [1.807, 2.05) is 12.1 Å². The van der Waals surface area contributed by atoms with Gasteiger partial charge in [-0.15, -0.1) is 0 Å². The van der Waals surface area contributed by atoms with Crippen molar-refractivity contribution in [3.05, 3.63) is 28.8 Å². The molecule has 3 heteroatoms. The number of ether oxygens (including phenoxy) is 1. The van der Waals surface area contributed by atoms with Gasteiger partial charge in [-0.2, -0.15) is 0 Å². The van der Waals surface area contributed by atoms with Crippen LogP contribution in [0.2, 0.25) is 0 Å². The summed E-state index contributed by atoms with van der Waals surface area (Å²) >= 11 is 0. The van der Waals surface area contributed by atoms with Crippen LogP contribution in [0.5, 0.6) is 5.75 Å². The van der Waals surface area contributed by atoms with Crippen LogP contribution in [0.4, 0.5) is 0 Å². The molecule has 19 heavy (non-hydrogen) atoms. The average molecular weight is 263 g/mol. The number of amides is 1. The van der Waals surface area contributed by atoms with Crippen LogP contribution in [0.1, 0.15) is 63.0 Å². The fraction of sp³-hybridized carbons (Fsp3) is 0.562. The summed E-state index contributed by atoms with van der Waals surface area (Å²) in [6.07, 6.45) is 0. The predicted molar refractivity (Wildman–Crippen MR) is 78.9 cm³/mol. The summed E-state index contributed by atoms with van der Waals surface area (Å²) in [5.41, 5.74) is 7.78. The van der Waals surface area contributed by atoms with E-state index in [1.54, 1.807) is 7.11 Å². The van der Waals surface area contributed by atoms with Crippen LogP contribution in [-0.4, -0.2) is 13.0 Å². The van der Waals surface area contributed by atoms with E-state index in [4.69, 9.17) is 10.5 Å². The molecule has 1 rings (SSSR count). The van der Waals surface area contributed by atoms with Gasteiger partial charge in [-0.05, 0) is 23.0 Å². The Hall–Kier alpha value is -1.51. The first kappa shape index (κ1) is 15.5. The lowest BCUT2D eigenvalue weighted by Crippen LogP contribution is -2.22. The Balaban J connectivity index is 3.72. The smallest absolute Gasteiger partial charge is 0.248 e. The van der Waals surface area contributed by atoms with Crippen LogP contribution in [0.15, 0.2) is 12.1 Å². The minimum Gasteiger partial charge on any atom is -0.496 e. The van der Waals surface area contributed by atoms with Crippen molar-refractivity contribution in [2.45, 2.75) is 52.4 Å². The molecule has 0 fully saturated rings. The normalized spacial score (nSPS) is 12.4. The lowest BCUT2D eigenvalue weighted by atomic mass is 9.78. The Morgan fingerprint density at radius 3 is 1.58 bits per heavy atom. The second-order valence-corrected chi connectivity index (χ2v) is 6.97. The molecular formula is C16H25NO2. The molecule has 0 aliphatic carbocycles. The van der Waals surface area contributed by atoms with E-state index < -0.39 is 5.91 Å². The second kappa shape index (κ2) is 4.87. The zero-order valence-corrected chi connectivity index (χ0v) is 13.0. The third-order valence-electron chi connectivity index (χ3n) is 3.19. The molecule has 2 N–H and O–H groups in total. The van der Waals surface area contributed by atoms with E-state index in [9.17, 15) is 4.79 Å². The van der Waals surface area contributed by atoms with Gasteiger partial charge in [-0.1, -0.05) is 41.5 Å². The highest BCUT2D eigenvalue weighted by molar-refractivity contribution is 5.93. The minimum atomic E-state index is -0.404. The van der Waals surface area contributed by atoms with Crippen molar-refractivity contribution in [1.29, 1.82) is 0 Å². The van der Waals surface area contributed by atoms with Crippen molar-refractivity contribution >= 4 is 5.91 Å². The molecule has 1 aromatic carbocycles. The molecule has 0 aliphatic heterocycles. The molecule has 0 aromatic heterocycles. The fourth-order valence-electron chi connectivity index (χ4n) is 2.11. The van der Waals surface area contributed by atoms with E-state index >= 15 is 0 Å². The Kier molecular flexibility index (Phi) is 3.99. The Morgan fingerprint density at radius 1 is 1.00 bits per heavy atom. The molecule has 1 amide bonds. The van der Waals surface area contributed by atoms with Crippen LogP contribution in [-0.2, 0) is 10.8 Å². The van der Waals surface area contributed by atoms with Gasteiger partial charge in [0.15, 0.2) is 0 Å². The number of carbonyl (C=O) groups excluding carboxylic acids is 1. The summed E-state index contributed by atoms with van der Waals surface area (Å²) in [6.45, 7) is 12.6. The van der Waals surface area contributed by atoms with Gasteiger partial charge < -0.3 is 10.5 Å². The highest BCUT2D eigenvalue weighted by Crippen LogP contribution is 2.40. The van der Waals surface area contributed by atoms with E-state index in [2.05, 4.69) is 41.5 Å². The molecule has 0 aliphatic rings. The largest absolute Gasteiger partial charge is 0.496 e. The van der Waals surface area contributed by atoms with E-state index in [0.29, 0.717) is 5.56 Å². The van der Waals surface area contributed by atoms with Crippen molar-refractivity contribution < 1.29 is 9.53 Å². The highest BCUT2D eigenvalue weighted by Gasteiger charge is 2.28. The Labute approximate surface area is 116 Å². The van der Waals surface area contributed by atoms with Gasteiger partial charge in [0.2, 0.25) is 5.91 Å². The molecule has 1 aromatic rings. The minimum absolute atomic E-state index is 0.114. The quantitative estimate of drug-likeness (QED) is 0.889. The number of nitrogens with two attached hydrogens (primary N) is 1. The number of methoxy groups -OCH3 is 1. The molecule has 0 heterocycles. The van der Waals surface area contributed by atoms with Gasteiger partial charge >= 0.3 is 0 Å². The van der Waals surface area contributed by atoms with Gasteiger partial charge in [-0.25, -0.2) is 0 Å². The van der Waals surface area contributed by atoms with Crippen LogP contribution < -0.4 is 10.5 Å². The van der Waals surface area contributed by atoms with Crippen molar-refractivity contribution in [3.8, 4) is 5.75 Å². The lowest BCUT2D eigenvalue weighted by molar-refractivity contribution is 0.1000. The molecule has 0 radical (unpaired) electrons. The molecule has 0 spiro atoms. The molecule has 0 bridgehead atoms. The summed E-state index contributed by atoms with van der Waals surface area (Å²) in [5.74, 6) is 0.448. The maximum absolute atomic E-state index is 11.5. The summed E-state index contributed by atoms with van der Waals surface area (Å²) in [7, 11) is 1.67. The zero-order chi connectivity index (χ0) is 15.0. The molecule has 0 unspecified atom stereocenters. The molecule has 106 valence electrons. The van der Waals surface area contributed by atoms with Gasteiger partial charge in [-0.3, -0.25) is 4.79 Å². The van der Waals surface area contributed by atoms with Gasteiger partial charge in [0.1, 0.15) is 5.75 Å². The monoisotopic (exact) mass is 263 g/mol. The van der Waals surface area contributed by atoms with Gasteiger partial charge in [0.05, 0.1) is 7.11 Å². The summed E-state index contributed by atoms with van der Waals surface area (Å²) in [5, 5.41) is 0. The van der Waals surface area contributed by atoms with Crippen molar-refractivity contribution in [3.63, 3.8) is 0 Å². The van der Waals surface area contributed by atoms with E-state index in [0.717, 1.165) is 16.9 Å². The zero-order valence-electron chi connectivity index (χ0n) is 13.0. The molecule has 3 nitrogen and oxygen atoms in total. The molecule has 0 atom stereocenters. The number of hydrogen-bond donors (Lipinski definition) is 1. The van der Waals surface area contributed by atoms with Crippen LogP contribution in [0, 0.1) is 0 Å². The number of rotatable bonds is 2. The maximum atomic E-state index is 11.5. The summed E-state index contributed by atoms with van der Waals surface area (Å²) in [6, 6.07) is 3.69. The lowest BCUT2D eigenvalue weighted by Gasteiger charge is -2.29. The number of carbonyl (C=O) groups is 1. The van der Waals surface area contributed by atoms with E-state index in [-0.39, 0.29) is 10.8 Å². The Morgan fingerprint density at radius 2 is 1.37 bits per heavy atom. The third kappa shape index (κ3) is 3.28. The first-order chi connectivity index (χ1) is 8.48. The number of benzene rings is 1.